The fraction of sp³-hybridized carbons (Fsp3) is 0.571. The molecule has 2 unspecified atom stereocenters. The Balaban J connectivity index is 2.37. The van der Waals surface area contributed by atoms with Crippen LogP contribution >= 0.6 is 11.6 Å². The van der Waals surface area contributed by atoms with E-state index in [4.69, 9.17) is 11.6 Å². The van der Waals surface area contributed by atoms with Gasteiger partial charge in [-0.3, -0.25) is 0 Å². The first-order valence-electron chi connectivity index (χ1n) is 5.96. The first-order chi connectivity index (χ1) is 7.85. The maximum absolute atomic E-state index is 13.2. The highest BCUT2D eigenvalue weighted by molar-refractivity contribution is 6.30. The van der Waals surface area contributed by atoms with E-state index in [0.29, 0.717) is 5.92 Å². The second kappa shape index (κ2) is 3.96. The quantitative estimate of drug-likeness (QED) is 0.870. The van der Waals surface area contributed by atoms with E-state index < -0.39 is 0 Å². The summed E-state index contributed by atoms with van der Waals surface area (Å²) < 4.78 is 13.2. The molecule has 2 rings (SSSR count). The molecule has 1 aliphatic carbocycles. The molecule has 1 saturated carbocycles. The van der Waals surface area contributed by atoms with Crippen LogP contribution in [0.1, 0.15) is 26.3 Å². The molecular weight excluding hydrogens is 237 g/mol. The van der Waals surface area contributed by atoms with Gasteiger partial charge in [-0.1, -0.05) is 38.4 Å². The number of nitrogens with one attached hydrogen (secondary N) is 1. The molecule has 0 saturated heterocycles. The van der Waals surface area contributed by atoms with Crippen LogP contribution in [-0.4, -0.2) is 13.6 Å². The van der Waals surface area contributed by atoms with Crippen LogP contribution < -0.4 is 5.32 Å². The molecule has 2 atom stereocenters. The summed E-state index contributed by atoms with van der Waals surface area (Å²) in [6.45, 7) is 7.72. The van der Waals surface area contributed by atoms with Crippen LogP contribution in [0.15, 0.2) is 18.2 Å². The summed E-state index contributed by atoms with van der Waals surface area (Å²) in [6.07, 6.45) is 0. The van der Waals surface area contributed by atoms with Gasteiger partial charge < -0.3 is 5.32 Å². The average molecular weight is 256 g/mol. The van der Waals surface area contributed by atoms with Crippen molar-refractivity contribution in [3.05, 3.63) is 34.6 Å². The highest BCUT2D eigenvalue weighted by Crippen LogP contribution is 2.68. The summed E-state index contributed by atoms with van der Waals surface area (Å²) >= 11 is 5.87. The van der Waals surface area contributed by atoms with Crippen LogP contribution in [0.25, 0.3) is 0 Å². The largest absolute Gasteiger partial charge is 0.319 e. The van der Waals surface area contributed by atoms with E-state index in [1.165, 1.54) is 6.07 Å². The first kappa shape index (κ1) is 12.8. The van der Waals surface area contributed by atoms with Gasteiger partial charge in [0.05, 0.1) is 5.02 Å². The second-order valence-electron chi connectivity index (χ2n) is 5.66. The smallest absolute Gasteiger partial charge is 0.141 e. The van der Waals surface area contributed by atoms with Crippen LogP contribution in [0, 0.1) is 17.2 Å². The lowest BCUT2D eigenvalue weighted by Gasteiger charge is -2.16. The van der Waals surface area contributed by atoms with Crippen molar-refractivity contribution in [1.82, 2.24) is 5.32 Å². The van der Waals surface area contributed by atoms with Gasteiger partial charge in [-0.2, -0.15) is 0 Å². The van der Waals surface area contributed by atoms with Crippen molar-refractivity contribution in [2.24, 2.45) is 11.3 Å². The number of halogens is 2. The van der Waals surface area contributed by atoms with Gasteiger partial charge in [0.15, 0.2) is 0 Å². The molecule has 0 radical (unpaired) electrons. The Bertz CT molecular complexity index is 444. The predicted octanol–water partition coefficient (Wildman–Crippen LogP) is 3.61. The molecule has 0 amide bonds. The Morgan fingerprint density at radius 2 is 2.00 bits per heavy atom. The van der Waals surface area contributed by atoms with Crippen molar-refractivity contribution in [3.63, 3.8) is 0 Å². The maximum Gasteiger partial charge on any atom is 0.141 e. The third kappa shape index (κ3) is 1.69. The molecule has 1 nitrogen and oxygen atoms in total. The van der Waals surface area contributed by atoms with E-state index in [-0.39, 0.29) is 21.7 Å². The highest BCUT2D eigenvalue weighted by Gasteiger charge is 2.67. The van der Waals surface area contributed by atoms with Crippen LogP contribution in [0.4, 0.5) is 4.39 Å². The van der Waals surface area contributed by atoms with Crippen LogP contribution in [0.3, 0.4) is 0 Å². The molecule has 1 N–H and O–H groups in total. The number of benzene rings is 1. The standard InChI is InChI=1S/C14H19ClFN/c1-13(2)12(8-17-4)14(13,3)9-5-6-11(16)10(15)7-9/h5-7,12,17H,8H2,1-4H3. The summed E-state index contributed by atoms with van der Waals surface area (Å²) in [5.41, 5.74) is 1.43. The van der Waals surface area contributed by atoms with E-state index in [0.717, 1.165) is 12.1 Å². The number of hydrogen-bond donors (Lipinski definition) is 1. The van der Waals surface area contributed by atoms with Gasteiger partial charge in [0, 0.05) is 5.41 Å². The lowest BCUT2D eigenvalue weighted by atomic mass is 9.89. The SMILES string of the molecule is CNCC1C(C)(C)C1(C)c1ccc(F)c(Cl)c1. The summed E-state index contributed by atoms with van der Waals surface area (Å²) in [7, 11) is 1.96. The first-order valence-corrected chi connectivity index (χ1v) is 6.33. The van der Waals surface area contributed by atoms with Crippen molar-refractivity contribution in [1.29, 1.82) is 0 Å². The molecule has 0 spiro atoms. The minimum atomic E-state index is -0.345. The Kier molecular flexibility index (Phi) is 2.99. The fourth-order valence-electron chi connectivity index (χ4n) is 3.16. The summed E-state index contributed by atoms with van der Waals surface area (Å²) in [5, 5.41) is 3.45. The predicted molar refractivity (Wildman–Crippen MR) is 70.0 cm³/mol. The summed E-state index contributed by atoms with van der Waals surface area (Å²) in [4.78, 5) is 0. The summed E-state index contributed by atoms with van der Waals surface area (Å²) in [6, 6.07) is 5.10. The molecule has 0 heterocycles. The highest BCUT2D eigenvalue weighted by atomic mass is 35.5. The van der Waals surface area contributed by atoms with Gasteiger partial charge in [0.25, 0.3) is 0 Å². The van der Waals surface area contributed by atoms with E-state index in [1.807, 2.05) is 13.1 Å². The topological polar surface area (TPSA) is 12.0 Å². The molecule has 1 fully saturated rings. The van der Waals surface area contributed by atoms with E-state index in [9.17, 15) is 4.39 Å². The minimum Gasteiger partial charge on any atom is -0.319 e. The van der Waals surface area contributed by atoms with Gasteiger partial charge in [0.2, 0.25) is 0 Å². The van der Waals surface area contributed by atoms with Crippen molar-refractivity contribution >= 4 is 11.6 Å². The van der Waals surface area contributed by atoms with Gasteiger partial charge in [0.1, 0.15) is 5.82 Å². The van der Waals surface area contributed by atoms with Crippen molar-refractivity contribution in [2.45, 2.75) is 26.2 Å². The number of hydrogen-bond acceptors (Lipinski definition) is 1. The molecule has 3 heteroatoms. The fourth-order valence-corrected chi connectivity index (χ4v) is 3.34. The van der Waals surface area contributed by atoms with Gasteiger partial charge in [-0.15, -0.1) is 0 Å². The van der Waals surface area contributed by atoms with E-state index in [1.54, 1.807) is 6.07 Å². The average Bonchev–Trinajstić information content (AvgIpc) is 2.69. The van der Waals surface area contributed by atoms with Crippen LogP contribution in [0.2, 0.25) is 5.02 Å². The van der Waals surface area contributed by atoms with Crippen LogP contribution in [-0.2, 0) is 5.41 Å². The van der Waals surface area contributed by atoms with Gasteiger partial charge in [-0.25, -0.2) is 4.39 Å². The molecule has 0 bridgehead atoms. The lowest BCUT2D eigenvalue weighted by Crippen LogP contribution is -2.15. The van der Waals surface area contributed by atoms with E-state index in [2.05, 4.69) is 26.1 Å². The monoisotopic (exact) mass is 255 g/mol. The second-order valence-corrected chi connectivity index (χ2v) is 6.07. The van der Waals surface area contributed by atoms with Gasteiger partial charge in [-0.05, 0) is 42.6 Å². The van der Waals surface area contributed by atoms with Crippen molar-refractivity contribution in [3.8, 4) is 0 Å². The molecule has 94 valence electrons. The number of rotatable bonds is 3. The maximum atomic E-state index is 13.2. The zero-order valence-corrected chi connectivity index (χ0v) is 11.5. The third-order valence-electron chi connectivity index (χ3n) is 4.75. The summed E-state index contributed by atoms with van der Waals surface area (Å²) in [5.74, 6) is 0.212. The molecule has 0 aromatic heterocycles. The Morgan fingerprint density at radius 1 is 1.35 bits per heavy atom. The zero-order valence-electron chi connectivity index (χ0n) is 10.8. The Morgan fingerprint density at radius 3 is 2.53 bits per heavy atom. The van der Waals surface area contributed by atoms with Crippen molar-refractivity contribution < 1.29 is 4.39 Å². The normalized spacial score (nSPS) is 30.4. The molecule has 1 aliphatic rings. The zero-order chi connectivity index (χ0) is 12.8. The van der Waals surface area contributed by atoms with Gasteiger partial charge >= 0.3 is 0 Å². The van der Waals surface area contributed by atoms with Crippen molar-refractivity contribution in [2.75, 3.05) is 13.6 Å². The van der Waals surface area contributed by atoms with E-state index >= 15 is 0 Å². The molecule has 1 aromatic rings. The molecule has 17 heavy (non-hydrogen) atoms. The Labute approximate surface area is 107 Å². The Hall–Kier alpha value is -0.600. The third-order valence-corrected chi connectivity index (χ3v) is 5.04. The molecule has 0 aliphatic heterocycles. The molecule has 1 aromatic carbocycles. The lowest BCUT2D eigenvalue weighted by molar-refractivity contribution is 0.512. The van der Waals surface area contributed by atoms with Crippen LogP contribution in [0.5, 0.6) is 0 Å². The minimum absolute atomic E-state index is 0.0767. The molecular formula is C14H19ClFN.